The summed E-state index contributed by atoms with van der Waals surface area (Å²) in [6, 6.07) is 0. The highest BCUT2D eigenvalue weighted by Gasteiger charge is 2.19. The standard InChI is InChI=1S/C70H128O6/c1-4-7-10-13-16-19-22-25-28-31-32-33-34-35-36-37-38-40-42-45-48-51-54-57-60-63-69(72)75-66-67(65-74-68(71)62-59-56-53-50-47-44-41-30-27-24-21-18-15-12-9-6-3)76-70(73)64-61-58-55-52-49-46-43-39-29-26-23-20-17-14-11-8-5-2/h17,20,22,25-26,29,31-32,67H,4-16,18-19,21,23-24,27-28,30,33-66H2,1-3H3/b20-17-,25-22-,29-26-,32-31-. The van der Waals surface area contributed by atoms with E-state index in [-0.39, 0.29) is 31.1 Å². The number of carbonyl (C=O) groups is 3. The molecule has 0 aliphatic carbocycles. The molecule has 0 saturated carbocycles. The van der Waals surface area contributed by atoms with Crippen LogP contribution in [0.3, 0.4) is 0 Å². The van der Waals surface area contributed by atoms with Crippen molar-refractivity contribution < 1.29 is 28.6 Å². The summed E-state index contributed by atoms with van der Waals surface area (Å²) in [7, 11) is 0. The Bertz CT molecular complexity index is 1310. The quantitative estimate of drug-likeness (QED) is 0.0261. The van der Waals surface area contributed by atoms with Crippen LogP contribution in [0.4, 0.5) is 0 Å². The number of rotatable bonds is 62. The highest BCUT2D eigenvalue weighted by molar-refractivity contribution is 5.71. The molecule has 0 N–H and O–H groups in total. The van der Waals surface area contributed by atoms with Crippen LogP contribution in [0.2, 0.25) is 0 Å². The van der Waals surface area contributed by atoms with Crippen LogP contribution >= 0.6 is 0 Å². The molecule has 0 aliphatic rings. The Morgan fingerprint density at radius 1 is 0.263 bits per heavy atom. The van der Waals surface area contributed by atoms with Gasteiger partial charge >= 0.3 is 17.9 Å². The van der Waals surface area contributed by atoms with Gasteiger partial charge in [-0.1, -0.05) is 307 Å². The van der Waals surface area contributed by atoms with Crippen molar-refractivity contribution in [3.63, 3.8) is 0 Å². The smallest absolute Gasteiger partial charge is 0.306 e. The summed E-state index contributed by atoms with van der Waals surface area (Å²) in [4.78, 5) is 38.4. The average molecular weight is 1070 g/mol. The van der Waals surface area contributed by atoms with Gasteiger partial charge in [-0.15, -0.1) is 0 Å². The van der Waals surface area contributed by atoms with E-state index < -0.39 is 6.10 Å². The largest absolute Gasteiger partial charge is 0.462 e. The van der Waals surface area contributed by atoms with Gasteiger partial charge in [0, 0.05) is 19.3 Å². The zero-order chi connectivity index (χ0) is 55.0. The molecule has 1 atom stereocenters. The fraction of sp³-hybridized carbons (Fsp3) is 0.843. The Morgan fingerprint density at radius 2 is 0.474 bits per heavy atom. The number of esters is 3. The summed E-state index contributed by atoms with van der Waals surface area (Å²) in [6.07, 6.45) is 81.2. The third-order valence-corrected chi connectivity index (χ3v) is 15.1. The maximum Gasteiger partial charge on any atom is 0.306 e. The fourth-order valence-electron chi connectivity index (χ4n) is 9.98. The van der Waals surface area contributed by atoms with Gasteiger partial charge in [-0.25, -0.2) is 0 Å². The first-order valence-electron chi connectivity index (χ1n) is 33.6. The van der Waals surface area contributed by atoms with Crippen LogP contribution in [0.25, 0.3) is 0 Å². The Balaban J connectivity index is 4.29. The Kier molecular flexibility index (Phi) is 62.6. The highest BCUT2D eigenvalue weighted by Crippen LogP contribution is 2.18. The van der Waals surface area contributed by atoms with E-state index >= 15 is 0 Å². The van der Waals surface area contributed by atoms with Gasteiger partial charge in [-0.05, 0) is 83.5 Å². The van der Waals surface area contributed by atoms with E-state index in [2.05, 4.69) is 69.4 Å². The van der Waals surface area contributed by atoms with E-state index in [1.165, 1.54) is 244 Å². The maximum absolute atomic E-state index is 12.9. The molecule has 0 heterocycles. The zero-order valence-corrected chi connectivity index (χ0v) is 51.0. The molecular formula is C70H128O6. The normalized spacial score (nSPS) is 12.3. The number of unbranched alkanes of at least 4 members (excludes halogenated alkanes) is 43. The van der Waals surface area contributed by atoms with E-state index in [9.17, 15) is 14.4 Å². The summed E-state index contributed by atoms with van der Waals surface area (Å²) < 4.78 is 17.0. The first kappa shape index (κ1) is 73.4. The van der Waals surface area contributed by atoms with E-state index in [4.69, 9.17) is 14.2 Å². The monoisotopic (exact) mass is 1060 g/mol. The molecule has 0 radical (unpaired) electrons. The molecule has 0 aromatic rings. The molecular weight excluding hydrogens is 937 g/mol. The van der Waals surface area contributed by atoms with Crippen molar-refractivity contribution in [2.45, 2.75) is 367 Å². The van der Waals surface area contributed by atoms with Gasteiger partial charge in [0.15, 0.2) is 6.10 Å². The Hall–Kier alpha value is -2.63. The zero-order valence-electron chi connectivity index (χ0n) is 51.0. The molecule has 6 heteroatoms. The molecule has 0 spiro atoms. The van der Waals surface area contributed by atoms with Gasteiger partial charge < -0.3 is 14.2 Å². The molecule has 0 bridgehead atoms. The van der Waals surface area contributed by atoms with Crippen LogP contribution in [-0.2, 0) is 28.6 Å². The van der Waals surface area contributed by atoms with E-state index in [1.54, 1.807) is 0 Å². The molecule has 0 saturated heterocycles. The summed E-state index contributed by atoms with van der Waals surface area (Å²) >= 11 is 0. The number of hydrogen-bond acceptors (Lipinski definition) is 6. The van der Waals surface area contributed by atoms with E-state index in [1.807, 2.05) is 0 Å². The molecule has 1 unspecified atom stereocenters. The second-order valence-corrected chi connectivity index (χ2v) is 22.7. The van der Waals surface area contributed by atoms with Crippen molar-refractivity contribution in [3.8, 4) is 0 Å². The minimum Gasteiger partial charge on any atom is -0.462 e. The van der Waals surface area contributed by atoms with Crippen LogP contribution < -0.4 is 0 Å². The Morgan fingerprint density at radius 3 is 0.750 bits per heavy atom. The lowest BCUT2D eigenvalue weighted by Crippen LogP contribution is -2.30. The molecule has 0 aliphatic heterocycles. The first-order chi connectivity index (χ1) is 37.5. The lowest BCUT2D eigenvalue weighted by Gasteiger charge is -2.18. The molecule has 444 valence electrons. The highest BCUT2D eigenvalue weighted by atomic mass is 16.6. The van der Waals surface area contributed by atoms with Crippen LogP contribution in [0.5, 0.6) is 0 Å². The van der Waals surface area contributed by atoms with Crippen LogP contribution in [0.15, 0.2) is 48.6 Å². The van der Waals surface area contributed by atoms with Gasteiger partial charge in [-0.3, -0.25) is 14.4 Å². The predicted octanol–water partition coefficient (Wildman–Crippen LogP) is 22.9. The van der Waals surface area contributed by atoms with Crippen LogP contribution in [-0.4, -0.2) is 37.2 Å². The molecule has 6 nitrogen and oxygen atoms in total. The molecule has 0 fully saturated rings. The number of ether oxygens (including phenoxy) is 3. The minimum atomic E-state index is -0.776. The molecule has 0 amide bonds. The summed E-state index contributed by atoms with van der Waals surface area (Å²) in [5.74, 6) is -0.857. The van der Waals surface area contributed by atoms with Gasteiger partial charge in [0.05, 0.1) is 0 Å². The van der Waals surface area contributed by atoms with Crippen LogP contribution in [0, 0.1) is 0 Å². The molecule has 76 heavy (non-hydrogen) atoms. The van der Waals surface area contributed by atoms with Crippen molar-refractivity contribution in [1.29, 1.82) is 0 Å². The fourth-order valence-corrected chi connectivity index (χ4v) is 9.98. The van der Waals surface area contributed by atoms with E-state index in [0.29, 0.717) is 19.3 Å². The predicted molar refractivity (Wildman–Crippen MR) is 330 cm³/mol. The molecule has 0 rings (SSSR count). The third-order valence-electron chi connectivity index (χ3n) is 15.1. The summed E-state index contributed by atoms with van der Waals surface area (Å²) in [5.41, 5.74) is 0. The topological polar surface area (TPSA) is 78.9 Å². The summed E-state index contributed by atoms with van der Waals surface area (Å²) in [6.45, 7) is 6.66. The lowest BCUT2D eigenvalue weighted by molar-refractivity contribution is -0.167. The molecule has 0 aromatic heterocycles. The summed E-state index contributed by atoms with van der Waals surface area (Å²) in [5, 5.41) is 0. The van der Waals surface area contributed by atoms with Crippen molar-refractivity contribution in [2.24, 2.45) is 0 Å². The average Bonchev–Trinajstić information content (AvgIpc) is 3.42. The van der Waals surface area contributed by atoms with Crippen molar-refractivity contribution >= 4 is 17.9 Å². The number of carbonyl (C=O) groups excluding carboxylic acids is 3. The van der Waals surface area contributed by atoms with Gasteiger partial charge in [-0.2, -0.15) is 0 Å². The SMILES string of the molecule is CCCCC/C=C\C/C=C\CCCCCCCCCC(=O)OC(COC(=O)CCCCCCCCCCCCCCC/C=C\C/C=C\CCCCCCC)COC(=O)CCCCCCCCCCCCCCCCCC. The maximum atomic E-state index is 12.9. The van der Waals surface area contributed by atoms with Crippen molar-refractivity contribution in [3.05, 3.63) is 48.6 Å². The van der Waals surface area contributed by atoms with Gasteiger partial charge in [0.2, 0.25) is 0 Å². The number of allylic oxidation sites excluding steroid dienone is 8. The van der Waals surface area contributed by atoms with Crippen LogP contribution in [0.1, 0.15) is 361 Å². The van der Waals surface area contributed by atoms with Crippen molar-refractivity contribution in [2.75, 3.05) is 13.2 Å². The van der Waals surface area contributed by atoms with Gasteiger partial charge in [0.1, 0.15) is 13.2 Å². The molecule has 0 aromatic carbocycles. The third kappa shape index (κ3) is 62.2. The Labute approximate surface area is 473 Å². The van der Waals surface area contributed by atoms with E-state index in [0.717, 1.165) is 77.0 Å². The second kappa shape index (κ2) is 64.9. The minimum absolute atomic E-state index is 0.0721. The van der Waals surface area contributed by atoms with Gasteiger partial charge in [0.25, 0.3) is 0 Å². The second-order valence-electron chi connectivity index (χ2n) is 22.7. The lowest BCUT2D eigenvalue weighted by atomic mass is 10.0. The number of hydrogen-bond donors (Lipinski definition) is 0. The van der Waals surface area contributed by atoms with Crippen molar-refractivity contribution in [1.82, 2.24) is 0 Å². The first-order valence-corrected chi connectivity index (χ1v) is 33.6.